The van der Waals surface area contributed by atoms with E-state index in [4.69, 9.17) is 0 Å². The Hall–Kier alpha value is -2.64. The van der Waals surface area contributed by atoms with Crippen LogP contribution in [-0.2, 0) is 17.6 Å². The number of aromatic nitrogens is 3. The minimum Gasteiger partial charge on any atom is -0.325 e. The van der Waals surface area contributed by atoms with Gasteiger partial charge < -0.3 is 9.88 Å². The highest BCUT2D eigenvalue weighted by Gasteiger charge is 2.31. The number of nitrogens with one attached hydrogen (secondary N) is 1. The molecule has 1 aliphatic heterocycles. The number of anilines is 1. The monoisotopic (exact) mass is 407 g/mol. The summed E-state index contributed by atoms with van der Waals surface area (Å²) in [6.07, 6.45) is 2.05. The Bertz CT molecular complexity index is 944. The third kappa shape index (κ3) is 4.86. The Morgan fingerprint density at radius 2 is 1.83 bits per heavy atom. The molecule has 0 radical (unpaired) electrons. The van der Waals surface area contributed by atoms with E-state index in [0.717, 1.165) is 41.8 Å². The molecule has 0 aliphatic carbocycles. The second-order valence-electron chi connectivity index (χ2n) is 7.22. The molecular formula is C22H25N5OS. The van der Waals surface area contributed by atoms with E-state index >= 15 is 0 Å². The molecule has 4 rings (SSSR count). The molecule has 0 unspecified atom stereocenters. The number of carbonyl (C=O) groups is 1. The van der Waals surface area contributed by atoms with Gasteiger partial charge in [0.25, 0.3) is 0 Å². The highest BCUT2D eigenvalue weighted by atomic mass is 32.2. The summed E-state index contributed by atoms with van der Waals surface area (Å²) in [6.45, 7) is 1.26. The first-order valence-corrected chi connectivity index (χ1v) is 10.8. The Morgan fingerprint density at radius 1 is 1.10 bits per heavy atom. The summed E-state index contributed by atoms with van der Waals surface area (Å²) in [5.74, 6) is 1.80. The van der Waals surface area contributed by atoms with Crippen LogP contribution in [0.3, 0.4) is 0 Å². The smallest absolute Gasteiger partial charge is 0.238 e. The third-order valence-corrected chi connectivity index (χ3v) is 6.24. The van der Waals surface area contributed by atoms with Gasteiger partial charge in [0.2, 0.25) is 5.91 Å². The molecule has 1 aromatic heterocycles. The van der Waals surface area contributed by atoms with Crippen LogP contribution in [0.25, 0.3) is 0 Å². The fraction of sp³-hybridized carbons (Fsp3) is 0.318. The highest BCUT2D eigenvalue weighted by Crippen LogP contribution is 2.32. The highest BCUT2D eigenvalue weighted by molar-refractivity contribution is 7.98. The normalized spacial score (nSPS) is 16.8. The molecule has 1 saturated heterocycles. The summed E-state index contributed by atoms with van der Waals surface area (Å²) in [5.41, 5.74) is 2.09. The molecule has 1 atom stereocenters. The summed E-state index contributed by atoms with van der Waals surface area (Å²) >= 11 is 1.69. The zero-order valence-corrected chi connectivity index (χ0v) is 17.3. The van der Waals surface area contributed by atoms with Gasteiger partial charge in [-0.1, -0.05) is 60.3 Å². The van der Waals surface area contributed by atoms with Crippen molar-refractivity contribution in [1.29, 1.82) is 0 Å². The van der Waals surface area contributed by atoms with Crippen LogP contribution in [0, 0.1) is 0 Å². The van der Waals surface area contributed by atoms with Crippen molar-refractivity contribution in [2.45, 2.75) is 29.8 Å². The first-order valence-electron chi connectivity index (χ1n) is 9.85. The standard InChI is InChI=1S/C22H25N5OS/c1-26-21(24-25-22(26)29-16-17-9-4-2-5-10-17)19-13-8-14-27(19)15-20(28)23-18-11-6-3-7-12-18/h2-7,9-12,19H,8,13-16H2,1H3,(H,23,28)/t19-/m0/s1. The number of thioether (sulfide) groups is 1. The molecule has 1 N–H and O–H groups in total. The van der Waals surface area contributed by atoms with E-state index in [0.29, 0.717) is 6.54 Å². The molecule has 1 fully saturated rings. The topological polar surface area (TPSA) is 63.1 Å². The van der Waals surface area contributed by atoms with Crippen LogP contribution in [-0.4, -0.2) is 38.7 Å². The average Bonchev–Trinajstić information content (AvgIpc) is 3.34. The van der Waals surface area contributed by atoms with E-state index in [1.807, 2.05) is 43.4 Å². The van der Waals surface area contributed by atoms with Gasteiger partial charge in [-0.05, 0) is 37.1 Å². The number of likely N-dealkylation sites (tertiary alicyclic amines) is 1. The molecule has 150 valence electrons. The lowest BCUT2D eigenvalue weighted by atomic mass is 10.2. The van der Waals surface area contributed by atoms with Crippen molar-refractivity contribution >= 4 is 23.4 Å². The molecule has 0 saturated carbocycles. The maximum absolute atomic E-state index is 12.5. The molecule has 3 aromatic rings. The van der Waals surface area contributed by atoms with Crippen LogP contribution in [0.1, 0.15) is 30.3 Å². The number of hydrogen-bond acceptors (Lipinski definition) is 5. The molecule has 2 aromatic carbocycles. The number of rotatable bonds is 7. The summed E-state index contributed by atoms with van der Waals surface area (Å²) < 4.78 is 2.08. The van der Waals surface area contributed by atoms with Crippen LogP contribution in [0.5, 0.6) is 0 Å². The summed E-state index contributed by atoms with van der Waals surface area (Å²) in [6, 6.07) is 20.1. The van der Waals surface area contributed by atoms with E-state index in [9.17, 15) is 4.79 Å². The minimum absolute atomic E-state index is 0.00365. The summed E-state index contributed by atoms with van der Waals surface area (Å²) in [5, 5.41) is 12.8. The average molecular weight is 408 g/mol. The van der Waals surface area contributed by atoms with Crippen LogP contribution >= 0.6 is 11.8 Å². The lowest BCUT2D eigenvalue weighted by molar-refractivity contribution is -0.117. The quantitative estimate of drug-likeness (QED) is 0.602. The molecule has 29 heavy (non-hydrogen) atoms. The molecule has 1 amide bonds. The van der Waals surface area contributed by atoms with Gasteiger partial charge in [0.05, 0.1) is 12.6 Å². The zero-order chi connectivity index (χ0) is 20.1. The van der Waals surface area contributed by atoms with E-state index in [-0.39, 0.29) is 11.9 Å². The Morgan fingerprint density at radius 3 is 2.59 bits per heavy atom. The second kappa shape index (κ2) is 9.24. The van der Waals surface area contributed by atoms with Gasteiger partial charge in [-0.25, -0.2) is 0 Å². The second-order valence-corrected chi connectivity index (χ2v) is 8.16. The summed E-state index contributed by atoms with van der Waals surface area (Å²) in [4.78, 5) is 14.7. The minimum atomic E-state index is 0.00365. The number of para-hydroxylation sites is 1. The van der Waals surface area contributed by atoms with Crippen molar-refractivity contribution in [3.05, 3.63) is 72.1 Å². The Balaban J connectivity index is 1.39. The molecular weight excluding hydrogens is 382 g/mol. The zero-order valence-electron chi connectivity index (χ0n) is 16.5. The predicted octanol–water partition coefficient (Wildman–Crippen LogP) is 3.88. The van der Waals surface area contributed by atoms with Crippen LogP contribution in [0.4, 0.5) is 5.69 Å². The molecule has 0 bridgehead atoms. The van der Waals surface area contributed by atoms with Crippen LogP contribution in [0.2, 0.25) is 0 Å². The molecule has 0 spiro atoms. The summed E-state index contributed by atoms with van der Waals surface area (Å²) in [7, 11) is 2.02. The van der Waals surface area contributed by atoms with Crippen LogP contribution < -0.4 is 5.32 Å². The predicted molar refractivity (Wildman–Crippen MR) is 116 cm³/mol. The number of carbonyl (C=O) groups excluding carboxylic acids is 1. The number of amides is 1. The van der Waals surface area contributed by atoms with Crippen molar-refractivity contribution < 1.29 is 4.79 Å². The van der Waals surface area contributed by atoms with Crippen LogP contribution in [0.15, 0.2) is 65.8 Å². The van der Waals surface area contributed by atoms with Gasteiger partial charge in [0.1, 0.15) is 0 Å². The van der Waals surface area contributed by atoms with E-state index in [1.165, 1.54) is 5.56 Å². The van der Waals surface area contributed by atoms with Crippen molar-refractivity contribution in [2.75, 3.05) is 18.4 Å². The van der Waals surface area contributed by atoms with E-state index < -0.39 is 0 Å². The van der Waals surface area contributed by atoms with Crippen molar-refractivity contribution in [3.8, 4) is 0 Å². The Kier molecular flexibility index (Phi) is 6.27. The first-order chi connectivity index (χ1) is 14.2. The van der Waals surface area contributed by atoms with Crippen molar-refractivity contribution in [2.24, 2.45) is 7.05 Å². The number of hydrogen-bond donors (Lipinski definition) is 1. The lowest BCUT2D eigenvalue weighted by Crippen LogP contribution is -2.33. The number of nitrogens with zero attached hydrogens (tertiary/aromatic N) is 4. The lowest BCUT2D eigenvalue weighted by Gasteiger charge is -2.23. The van der Waals surface area contributed by atoms with Gasteiger partial charge in [-0.3, -0.25) is 9.69 Å². The Labute approximate surface area is 175 Å². The fourth-order valence-electron chi connectivity index (χ4n) is 3.68. The molecule has 1 aliphatic rings. The van der Waals surface area contributed by atoms with Gasteiger partial charge in [-0.15, -0.1) is 10.2 Å². The van der Waals surface area contributed by atoms with E-state index in [2.05, 4.69) is 49.2 Å². The van der Waals surface area contributed by atoms with Gasteiger partial charge in [0, 0.05) is 18.5 Å². The van der Waals surface area contributed by atoms with Gasteiger partial charge >= 0.3 is 0 Å². The molecule has 7 heteroatoms. The SMILES string of the molecule is Cn1c(SCc2ccccc2)nnc1[C@@H]1CCCN1CC(=O)Nc1ccccc1. The maximum atomic E-state index is 12.5. The maximum Gasteiger partial charge on any atom is 0.238 e. The van der Waals surface area contributed by atoms with Gasteiger partial charge in [-0.2, -0.15) is 0 Å². The van der Waals surface area contributed by atoms with E-state index in [1.54, 1.807) is 11.8 Å². The van der Waals surface area contributed by atoms with Crippen molar-refractivity contribution in [3.63, 3.8) is 0 Å². The largest absolute Gasteiger partial charge is 0.325 e. The fourth-order valence-corrected chi connectivity index (χ4v) is 4.55. The van der Waals surface area contributed by atoms with Gasteiger partial charge in [0.15, 0.2) is 11.0 Å². The third-order valence-electron chi connectivity index (χ3n) is 5.15. The molecule has 6 nitrogen and oxygen atoms in total. The van der Waals surface area contributed by atoms with Crippen molar-refractivity contribution in [1.82, 2.24) is 19.7 Å². The first kappa shape index (κ1) is 19.7. The molecule has 2 heterocycles. The number of benzene rings is 2.